The third-order valence-corrected chi connectivity index (χ3v) is 4.87. The number of rotatable bonds is 9. The number of ether oxygens (including phenoxy) is 1. The molecule has 172 valence electrons. The van der Waals surface area contributed by atoms with E-state index in [4.69, 9.17) is 33.0 Å². The summed E-state index contributed by atoms with van der Waals surface area (Å²) in [5.74, 6) is 0.421. The maximum Gasteiger partial charge on any atom is 0.258 e. The van der Waals surface area contributed by atoms with Crippen molar-refractivity contribution in [2.75, 3.05) is 7.11 Å². The Kier molecular flexibility index (Phi) is 11.5. The molecule has 9 heteroatoms. The molecule has 2 N–H and O–H groups in total. The number of aldehydes is 1. The van der Waals surface area contributed by atoms with Crippen LogP contribution in [-0.4, -0.2) is 40.2 Å². The van der Waals surface area contributed by atoms with Crippen molar-refractivity contribution in [2.24, 2.45) is 7.05 Å². The number of aliphatic hydroxyl groups is 1. The van der Waals surface area contributed by atoms with E-state index in [-0.39, 0.29) is 11.9 Å². The molecule has 0 aliphatic carbocycles. The fourth-order valence-electron chi connectivity index (χ4n) is 2.70. The third-order valence-electron chi connectivity index (χ3n) is 4.13. The minimum Gasteiger partial charge on any atom is -0.438 e. The number of hydrogen-bond acceptors (Lipinski definition) is 5. The molecule has 0 spiro atoms. The Morgan fingerprint density at radius 2 is 2.03 bits per heavy atom. The fourth-order valence-corrected chi connectivity index (χ4v) is 2.99. The SMILES string of the molecule is C=C/C=C(C=O)\C=C/CC(C)NC(=O)c1c(C)nn(C)c1Oc1ccc(Cl)c(Cl)c1.CO. The molecule has 0 bridgehead atoms. The van der Waals surface area contributed by atoms with Crippen LogP contribution in [0.2, 0.25) is 10.0 Å². The maximum atomic E-state index is 12.9. The summed E-state index contributed by atoms with van der Waals surface area (Å²) in [6.45, 7) is 7.16. The van der Waals surface area contributed by atoms with Gasteiger partial charge in [0.2, 0.25) is 5.88 Å². The lowest BCUT2D eigenvalue weighted by atomic mass is 10.1. The van der Waals surface area contributed by atoms with E-state index in [9.17, 15) is 9.59 Å². The van der Waals surface area contributed by atoms with Gasteiger partial charge in [-0.05, 0) is 32.4 Å². The second kappa shape index (κ2) is 13.5. The minimum absolute atomic E-state index is 0.178. The largest absolute Gasteiger partial charge is 0.438 e. The van der Waals surface area contributed by atoms with Crippen molar-refractivity contribution in [3.05, 3.63) is 76.0 Å². The standard InChI is InChI=1S/C22H23Cl2N3O3.CH4O/c1-5-7-16(13-28)9-6-8-14(2)25-21(29)20-15(3)26-27(4)22(20)30-17-10-11-18(23)19(24)12-17;1-2/h5-7,9-14H,1,8H2,2-4H3,(H,25,29);2H,1H3/b9-6-,16-7+;. The molecule has 1 aromatic carbocycles. The van der Waals surface area contributed by atoms with Crippen LogP contribution in [0.4, 0.5) is 0 Å². The van der Waals surface area contributed by atoms with Crippen LogP contribution in [-0.2, 0) is 11.8 Å². The zero-order valence-corrected chi connectivity index (χ0v) is 19.9. The van der Waals surface area contributed by atoms with E-state index in [0.29, 0.717) is 44.9 Å². The molecule has 32 heavy (non-hydrogen) atoms. The molecular formula is C23H27Cl2N3O4. The molecule has 0 fully saturated rings. The number of nitrogens with zero attached hydrogens (tertiary/aromatic N) is 2. The number of carbonyl (C=O) groups excluding carboxylic acids is 2. The molecule has 0 saturated carbocycles. The first-order chi connectivity index (χ1) is 15.3. The Hall–Kier alpha value is -2.87. The highest BCUT2D eigenvalue weighted by Gasteiger charge is 2.23. The van der Waals surface area contributed by atoms with Gasteiger partial charge < -0.3 is 15.2 Å². The van der Waals surface area contributed by atoms with Gasteiger partial charge in [-0.3, -0.25) is 9.59 Å². The quantitative estimate of drug-likeness (QED) is 0.305. The first-order valence-electron chi connectivity index (χ1n) is 9.63. The van der Waals surface area contributed by atoms with Crippen molar-refractivity contribution in [1.82, 2.24) is 15.1 Å². The Morgan fingerprint density at radius 3 is 2.62 bits per heavy atom. The minimum atomic E-state index is -0.311. The van der Waals surface area contributed by atoms with Crippen LogP contribution in [0.1, 0.15) is 29.4 Å². The van der Waals surface area contributed by atoms with Crippen molar-refractivity contribution < 1.29 is 19.4 Å². The highest BCUT2D eigenvalue weighted by Crippen LogP contribution is 2.31. The number of aryl methyl sites for hydroxylation is 2. The summed E-state index contributed by atoms with van der Waals surface area (Å²) in [6.07, 6.45) is 7.94. The van der Waals surface area contributed by atoms with Crippen LogP contribution >= 0.6 is 23.2 Å². The number of aromatic nitrogens is 2. The summed E-state index contributed by atoms with van der Waals surface area (Å²) in [4.78, 5) is 23.8. The Balaban J connectivity index is 0.00000249. The lowest BCUT2D eigenvalue weighted by molar-refractivity contribution is -0.104. The van der Waals surface area contributed by atoms with Crippen molar-refractivity contribution in [3.63, 3.8) is 0 Å². The Morgan fingerprint density at radius 1 is 1.34 bits per heavy atom. The molecule has 2 rings (SSSR count). The molecule has 0 radical (unpaired) electrons. The van der Waals surface area contributed by atoms with E-state index < -0.39 is 0 Å². The van der Waals surface area contributed by atoms with Crippen LogP contribution in [0, 0.1) is 6.92 Å². The van der Waals surface area contributed by atoms with E-state index in [2.05, 4.69) is 17.0 Å². The molecular weight excluding hydrogens is 453 g/mol. The molecule has 1 amide bonds. The predicted octanol–water partition coefficient (Wildman–Crippen LogP) is 4.81. The summed E-state index contributed by atoms with van der Waals surface area (Å²) in [6, 6.07) is 4.67. The van der Waals surface area contributed by atoms with Gasteiger partial charge in [-0.15, -0.1) is 0 Å². The van der Waals surface area contributed by atoms with Gasteiger partial charge in [0.05, 0.1) is 15.7 Å². The number of carbonyl (C=O) groups is 2. The van der Waals surface area contributed by atoms with Gasteiger partial charge in [-0.1, -0.05) is 54.1 Å². The van der Waals surface area contributed by atoms with Crippen molar-refractivity contribution >= 4 is 35.4 Å². The van der Waals surface area contributed by atoms with Gasteiger partial charge in [0.15, 0.2) is 0 Å². The first kappa shape index (κ1) is 27.2. The molecule has 2 aromatic rings. The summed E-state index contributed by atoms with van der Waals surface area (Å²) in [5, 5.41) is 15.0. The predicted molar refractivity (Wildman–Crippen MR) is 128 cm³/mol. The summed E-state index contributed by atoms with van der Waals surface area (Å²) >= 11 is 12.0. The molecule has 1 aromatic heterocycles. The molecule has 0 saturated heterocycles. The van der Waals surface area contributed by atoms with Gasteiger partial charge in [0.25, 0.3) is 5.91 Å². The van der Waals surface area contributed by atoms with Gasteiger partial charge in [0, 0.05) is 31.8 Å². The van der Waals surface area contributed by atoms with Crippen LogP contribution in [0.15, 0.2) is 54.7 Å². The van der Waals surface area contributed by atoms with E-state index in [1.165, 1.54) is 4.68 Å². The van der Waals surface area contributed by atoms with E-state index >= 15 is 0 Å². The van der Waals surface area contributed by atoms with Crippen molar-refractivity contribution in [3.8, 4) is 11.6 Å². The van der Waals surface area contributed by atoms with E-state index in [0.717, 1.165) is 13.4 Å². The van der Waals surface area contributed by atoms with Crippen molar-refractivity contribution in [2.45, 2.75) is 26.3 Å². The smallest absolute Gasteiger partial charge is 0.258 e. The average Bonchev–Trinajstić information content (AvgIpc) is 3.04. The maximum absolute atomic E-state index is 12.9. The van der Waals surface area contributed by atoms with Crippen LogP contribution in [0.5, 0.6) is 11.6 Å². The second-order valence-corrected chi connectivity index (χ2v) is 7.41. The summed E-state index contributed by atoms with van der Waals surface area (Å²) < 4.78 is 7.37. The molecule has 0 aliphatic heterocycles. The van der Waals surface area contributed by atoms with Crippen LogP contribution in [0.3, 0.4) is 0 Å². The molecule has 1 unspecified atom stereocenters. The lowest BCUT2D eigenvalue weighted by Crippen LogP contribution is -2.32. The normalized spacial score (nSPS) is 12.0. The average molecular weight is 480 g/mol. The number of hydrogen-bond donors (Lipinski definition) is 2. The molecule has 0 aliphatic rings. The number of halogens is 2. The number of amides is 1. The van der Waals surface area contributed by atoms with Gasteiger partial charge in [-0.25, -0.2) is 4.68 Å². The first-order valence-corrected chi connectivity index (χ1v) is 10.4. The molecule has 7 nitrogen and oxygen atoms in total. The lowest BCUT2D eigenvalue weighted by Gasteiger charge is -2.13. The number of benzene rings is 1. The zero-order chi connectivity index (χ0) is 24.3. The van der Waals surface area contributed by atoms with Crippen LogP contribution in [0.25, 0.3) is 0 Å². The number of aliphatic hydroxyl groups excluding tert-OH is 1. The van der Waals surface area contributed by atoms with E-state index in [1.807, 2.05) is 13.0 Å². The summed E-state index contributed by atoms with van der Waals surface area (Å²) in [5.41, 5.74) is 1.37. The van der Waals surface area contributed by atoms with Crippen molar-refractivity contribution in [1.29, 1.82) is 0 Å². The fraction of sp³-hybridized carbons (Fsp3) is 0.261. The highest BCUT2D eigenvalue weighted by atomic mass is 35.5. The zero-order valence-electron chi connectivity index (χ0n) is 18.4. The number of allylic oxidation sites excluding steroid dienone is 4. The second-order valence-electron chi connectivity index (χ2n) is 6.60. The van der Waals surface area contributed by atoms with E-state index in [1.54, 1.807) is 50.4 Å². The summed E-state index contributed by atoms with van der Waals surface area (Å²) in [7, 11) is 2.69. The van der Waals surface area contributed by atoms with Gasteiger partial charge >= 0.3 is 0 Å². The Bertz CT molecular complexity index is 1010. The highest BCUT2D eigenvalue weighted by molar-refractivity contribution is 6.42. The Labute approximate surface area is 198 Å². The topological polar surface area (TPSA) is 93.5 Å². The third kappa shape index (κ3) is 7.67. The monoisotopic (exact) mass is 479 g/mol. The molecule has 1 atom stereocenters. The van der Waals surface area contributed by atoms with Gasteiger partial charge in [0.1, 0.15) is 17.6 Å². The van der Waals surface area contributed by atoms with Crippen LogP contribution < -0.4 is 10.1 Å². The number of nitrogens with one attached hydrogen (secondary N) is 1. The van der Waals surface area contributed by atoms with Gasteiger partial charge in [-0.2, -0.15) is 5.10 Å². The molecule has 1 heterocycles.